The van der Waals surface area contributed by atoms with Gasteiger partial charge >= 0.3 is 0 Å². The van der Waals surface area contributed by atoms with Gasteiger partial charge in [-0.25, -0.2) is 0 Å². The van der Waals surface area contributed by atoms with Gasteiger partial charge in [-0.2, -0.15) is 5.10 Å². The van der Waals surface area contributed by atoms with Crippen molar-refractivity contribution in [1.29, 1.82) is 0 Å². The van der Waals surface area contributed by atoms with Gasteiger partial charge in [0, 0.05) is 5.92 Å². The van der Waals surface area contributed by atoms with Gasteiger partial charge < -0.3 is 5.32 Å². The normalized spacial score (nSPS) is 30.9. The lowest BCUT2D eigenvalue weighted by Crippen LogP contribution is -2.29. The summed E-state index contributed by atoms with van der Waals surface area (Å²) in [5.74, 6) is 1.17. The molecule has 14 heavy (non-hydrogen) atoms. The van der Waals surface area contributed by atoms with Crippen LogP contribution in [0.3, 0.4) is 0 Å². The van der Waals surface area contributed by atoms with E-state index in [4.69, 9.17) is 0 Å². The molecule has 1 heterocycles. The second-order valence-corrected chi connectivity index (χ2v) is 5.32. The molecule has 2 saturated carbocycles. The maximum atomic E-state index is 11.4. The van der Waals surface area contributed by atoms with Crippen molar-refractivity contribution in [1.82, 2.24) is 10.7 Å². The standard InChI is InChI=1S/C9H13N3OS/c13-7(5-1-2-5)10-9-12-11-8(14-9)6-3-4-6/h5-6,8,11H,1-4H2,(H,10,12,13). The first kappa shape index (κ1) is 8.59. The van der Waals surface area contributed by atoms with Crippen molar-refractivity contribution in [3.63, 3.8) is 0 Å². The fourth-order valence-corrected chi connectivity index (χ4v) is 2.58. The third-order valence-electron chi connectivity index (χ3n) is 2.76. The summed E-state index contributed by atoms with van der Waals surface area (Å²) in [5, 5.41) is 8.16. The SMILES string of the molecule is O=C(NC1=NNC(C2CC2)S1)C1CC1. The van der Waals surface area contributed by atoms with Crippen LogP contribution in [-0.2, 0) is 4.79 Å². The molecule has 4 nitrogen and oxygen atoms in total. The smallest absolute Gasteiger partial charge is 0.229 e. The zero-order valence-corrected chi connectivity index (χ0v) is 8.64. The number of amidine groups is 1. The number of hydrogen-bond donors (Lipinski definition) is 2. The average Bonchev–Trinajstić information content (AvgIpc) is 3.06. The van der Waals surface area contributed by atoms with Gasteiger partial charge in [-0.05, 0) is 31.6 Å². The molecule has 3 rings (SSSR count). The number of thioether (sulfide) groups is 1. The molecule has 2 fully saturated rings. The van der Waals surface area contributed by atoms with E-state index in [2.05, 4.69) is 15.8 Å². The summed E-state index contributed by atoms with van der Waals surface area (Å²) in [5.41, 5.74) is 3.07. The Hall–Kier alpha value is -0.710. The molecule has 2 N–H and O–H groups in total. The summed E-state index contributed by atoms with van der Waals surface area (Å²) in [4.78, 5) is 11.4. The number of hydrazone groups is 1. The van der Waals surface area contributed by atoms with Gasteiger partial charge in [0.25, 0.3) is 0 Å². The molecule has 0 saturated heterocycles. The van der Waals surface area contributed by atoms with Crippen LogP contribution in [-0.4, -0.2) is 16.4 Å². The molecule has 1 unspecified atom stereocenters. The van der Waals surface area contributed by atoms with Crippen LogP contribution in [0.15, 0.2) is 5.10 Å². The van der Waals surface area contributed by atoms with Crippen molar-refractivity contribution in [2.75, 3.05) is 0 Å². The van der Waals surface area contributed by atoms with Crippen LogP contribution in [0.5, 0.6) is 0 Å². The molecule has 0 radical (unpaired) electrons. The monoisotopic (exact) mass is 211 g/mol. The fraction of sp³-hybridized carbons (Fsp3) is 0.778. The first-order chi connectivity index (χ1) is 6.83. The molecule has 0 bridgehead atoms. The molecule has 1 aliphatic heterocycles. The van der Waals surface area contributed by atoms with Crippen LogP contribution >= 0.6 is 11.8 Å². The van der Waals surface area contributed by atoms with Crippen LogP contribution < -0.4 is 10.7 Å². The molecule has 3 aliphatic rings. The quantitative estimate of drug-likeness (QED) is 0.712. The largest absolute Gasteiger partial charge is 0.303 e. The van der Waals surface area contributed by atoms with E-state index in [9.17, 15) is 4.79 Å². The van der Waals surface area contributed by atoms with Gasteiger partial charge in [-0.3, -0.25) is 10.2 Å². The van der Waals surface area contributed by atoms with Crippen LogP contribution in [0, 0.1) is 11.8 Å². The highest BCUT2D eigenvalue weighted by Crippen LogP contribution is 2.39. The van der Waals surface area contributed by atoms with E-state index in [-0.39, 0.29) is 11.8 Å². The average molecular weight is 211 g/mol. The third-order valence-corrected chi connectivity index (χ3v) is 3.92. The first-order valence-electron chi connectivity index (χ1n) is 5.13. The van der Waals surface area contributed by atoms with Crippen molar-refractivity contribution in [2.45, 2.75) is 31.1 Å². The lowest BCUT2D eigenvalue weighted by atomic mass is 10.4. The summed E-state index contributed by atoms with van der Waals surface area (Å²) in [7, 11) is 0. The minimum atomic E-state index is 0.148. The molecular weight excluding hydrogens is 198 g/mol. The Bertz CT molecular complexity index is 296. The summed E-state index contributed by atoms with van der Waals surface area (Å²) < 4.78 is 0. The highest BCUT2D eigenvalue weighted by molar-refractivity contribution is 8.14. The molecule has 5 heteroatoms. The zero-order chi connectivity index (χ0) is 9.54. The molecule has 0 spiro atoms. The molecule has 0 aromatic rings. The second-order valence-electron chi connectivity index (χ2n) is 4.19. The van der Waals surface area contributed by atoms with E-state index in [0.29, 0.717) is 5.37 Å². The van der Waals surface area contributed by atoms with Crippen LogP contribution in [0.2, 0.25) is 0 Å². The fourth-order valence-electron chi connectivity index (χ4n) is 1.51. The topological polar surface area (TPSA) is 53.5 Å². The third kappa shape index (κ3) is 1.73. The van der Waals surface area contributed by atoms with Crippen molar-refractivity contribution in [3.05, 3.63) is 0 Å². The predicted octanol–water partition coefficient (Wildman–Crippen LogP) is 0.856. The van der Waals surface area contributed by atoms with Gasteiger partial charge in [0.2, 0.25) is 5.91 Å². The molecule has 1 amide bonds. The Kier molecular flexibility index (Phi) is 1.93. The van der Waals surface area contributed by atoms with Crippen LogP contribution in [0.4, 0.5) is 0 Å². The van der Waals surface area contributed by atoms with Gasteiger partial charge in [0.05, 0.1) is 5.37 Å². The van der Waals surface area contributed by atoms with E-state index in [1.807, 2.05) is 0 Å². The number of amides is 1. The maximum Gasteiger partial charge on any atom is 0.229 e. The van der Waals surface area contributed by atoms with Gasteiger partial charge in [-0.15, -0.1) is 0 Å². The first-order valence-corrected chi connectivity index (χ1v) is 6.01. The van der Waals surface area contributed by atoms with Crippen molar-refractivity contribution >= 4 is 22.8 Å². The van der Waals surface area contributed by atoms with E-state index in [1.165, 1.54) is 12.8 Å². The Morgan fingerprint density at radius 3 is 2.86 bits per heavy atom. The van der Waals surface area contributed by atoms with Gasteiger partial charge in [0.1, 0.15) is 0 Å². The van der Waals surface area contributed by atoms with Crippen molar-refractivity contribution < 1.29 is 4.79 Å². The van der Waals surface area contributed by atoms with Crippen molar-refractivity contribution in [3.8, 4) is 0 Å². The summed E-state index contributed by atoms with van der Waals surface area (Å²) in [6, 6.07) is 0. The number of carbonyl (C=O) groups is 1. The number of nitrogens with zero attached hydrogens (tertiary/aromatic N) is 1. The Morgan fingerprint density at radius 1 is 1.43 bits per heavy atom. The maximum absolute atomic E-state index is 11.4. The Labute approximate surface area is 86.9 Å². The number of nitrogens with one attached hydrogen (secondary N) is 2. The molecular formula is C9H13N3OS. The lowest BCUT2D eigenvalue weighted by Gasteiger charge is -2.05. The molecule has 2 aliphatic carbocycles. The molecule has 76 valence electrons. The summed E-state index contributed by atoms with van der Waals surface area (Å²) >= 11 is 1.66. The minimum absolute atomic E-state index is 0.148. The molecule has 1 atom stereocenters. The minimum Gasteiger partial charge on any atom is -0.303 e. The second kappa shape index (κ2) is 3.15. The highest BCUT2D eigenvalue weighted by atomic mass is 32.2. The van der Waals surface area contributed by atoms with Gasteiger partial charge in [-0.1, -0.05) is 11.8 Å². The van der Waals surface area contributed by atoms with E-state index in [0.717, 1.165) is 23.9 Å². The number of rotatable bonds is 2. The zero-order valence-electron chi connectivity index (χ0n) is 7.82. The van der Waals surface area contributed by atoms with Crippen molar-refractivity contribution in [2.24, 2.45) is 16.9 Å². The van der Waals surface area contributed by atoms with E-state index in [1.54, 1.807) is 11.8 Å². The summed E-state index contributed by atoms with van der Waals surface area (Å²) in [6.45, 7) is 0. The van der Waals surface area contributed by atoms with Crippen LogP contribution in [0.1, 0.15) is 25.7 Å². The van der Waals surface area contributed by atoms with E-state index >= 15 is 0 Å². The number of carbonyl (C=O) groups excluding carboxylic acids is 1. The molecule has 0 aromatic carbocycles. The molecule has 0 aromatic heterocycles. The predicted molar refractivity (Wildman–Crippen MR) is 55.5 cm³/mol. The highest BCUT2D eigenvalue weighted by Gasteiger charge is 2.37. The summed E-state index contributed by atoms with van der Waals surface area (Å²) in [6.07, 6.45) is 4.68. The lowest BCUT2D eigenvalue weighted by molar-refractivity contribution is -0.120. The Morgan fingerprint density at radius 2 is 2.21 bits per heavy atom. The van der Waals surface area contributed by atoms with E-state index < -0.39 is 0 Å². The van der Waals surface area contributed by atoms with Gasteiger partial charge in [0.15, 0.2) is 5.17 Å². The van der Waals surface area contributed by atoms with Crippen LogP contribution in [0.25, 0.3) is 0 Å². The number of hydrogen-bond acceptors (Lipinski definition) is 4. The Balaban J connectivity index is 1.51.